The fourth-order valence-corrected chi connectivity index (χ4v) is 3.09. The molecule has 1 rings (SSSR count). The standard InChI is InChI=1S/C29H55N3O9/c1-28(2,3)25-41-22-20-39-18-16-37-14-12-35-10-8-32-23-26(30-31-32)24-40-21-19-38-17-15-36-13-11-34-9-7-27(33)29(4,5)6/h23H,7-22,24-25H2,1-6H3. The number of rotatable bonds is 27. The van der Waals surface area contributed by atoms with Gasteiger partial charge in [-0.2, -0.15) is 0 Å². The van der Waals surface area contributed by atoms with Crippen molar-refractivity contribution >= 4 is 5.78 Å². The molecule has 1 aromatic heterocycles. The van der Waals surface area contributed by atoms with E-state index < -0.39 is 0 Å². The molecule has 0 fully saturated rings. The largest absolute Gasteiger partial charge is 0.379 e. The minimum atomic E-state index is -0.315. The van der Waals surface area contributed by atoms with Gasteiger partial charge >= 0.3 is 0 Å². The maximum atomic E-state index is 11.8. The molecule has 0 saturated heterocycles. The van der Waals surface area contributed by atoms with E-state index in [1.54, 1.807) is 4.68 Å². The minimum absolute atomic E-state index is 0.177. The summed E-state index contributed by atoms with van der Waals surface area (Å²) < 4.78 is 45.8. The molecule has 0 aliphatic rings. The van der Waals surface area contributed by atoms with E-state index in [0.29, 0.717) is 112 Å². The van der Waals surface area contributed by atoms with Crippen molar-refractivity contribution in [3.63, 3.8) is 0 Å². The van der Waals surface area contributed by atoms with Gasteiger partial charge in [0.25, 0.3) is 0 Å². The van der Waals surface area contributed by atoms with Gasteiger partial charge in [0.1, 0.15) is 11.5 Å². The van der Waals surface area contributed by atoms with Gasteiger partial charge < -0.3 is 37.9 Å². The highest BCUT2D eigenvalue weighted by Crippen LogP contribution is 2.16. The maximum Gasteiger partial charge on any atom is 0.140 e. The van der Waals surface area contributed by atoms with Crippen LogP contribution >= 0.6 is 0 Å². The highest BCUT2D eigenvalue weighted by atomic mass is 16.6. The first-order valence-corrected chi connectivity index (χ1v) is 14.6. The number of carbonyl (C=O) groups excluding carboxylic acids is 1. The van der Waals surface area contributed by atoms with Crippen molar-refractivity contribution in [1.82, 2.24) is 15.0 Å². The number of hydrogen-bond donors (Lipinski definition) is 0. The lowest BCUT2D eigenvalue weighted by Crippen LogP contribution is -2.22. The van der Waals surface area contributed by atoms with E-state index in [-0.39, 0.29) is 16.6 Å². The van der Waals surface area contributed by atoms with Crippen LogP contribution in [0.25, 0.3) is 0 Å². The molecular weight excluding hydrogens is 534 g/mol. The second kappa shape index (κ2) is 23.0. The van der Waals surface area contributed by atoms with Crippen LogP contribution in [0.1, 0.15) is 53.7 Å². The van der Waals surface area contributed by atoms with E-state index >= 15 is 0 Å². The molecule has 0 spiro atoms. The Morgan fingerprint density at radius 2 is 1.07 bits per heavy atom. The molecule has 12 heteroatoms. The number of Topliss-reactive ketones (excluding diaryl/α,β-unsaturated/α-hetero) is 1. The first kappa shape index (κ1) is 37.5. The van der Waals surface area contributed by atoms with E-state index in [2.05, 4.69) is 31.1 Å². The van der Waals surface area contributed by atoms with Crippen molar-refractivity contribution in [3.05, 3.63) is 11.9 Å². The number of carbonyl (C=O) groups is 1. The molecule has 0 aliphatic heterocycles. The predicted octanol–water partition coefficient (Wildman–Crippen LogP) is 2.96. The van der Waals surface area contributed by atoms with Gasteiger partial charge in [-0.3, -0.25) is 4.79 Å². The molecule has 0 radical (unpaired) electrons. The van der Waals surface area contributed by atoms with E-state index in [0.717, 1.165) is 12.3 Å². The molecule has 0 atom stereocenters. The average molecular weight is 590 g/mol. The summed E-state index contributed by atoms with van der Waals surface area (Å²) >= 11 is 0. The lowest BCUT2D eigenvalue weighted by Gasteiger charge is -2.17. The Balaban J connectivity index is 1.84. The third-order valence-corrected chi connectivity index (χ3v) is 5.38. The molecule has 240 valence electrons. The van der Waals surface area contributed by atoms with Crippen LogP contribution in [-0.2, 0) is 55.8 Å². The monoisotopic (exact) mass is 589 g/mol. The normalized spacial score (nSPS) is 12.3. The summed E-state index contributed by atoms with van der Waals surface area (Å²) in [5.41, 5.74) is 0.616. The van der Waals surface area contributed by atoms with Gasteiger partial charge in [-0.25, -0.2) is 4.68 Å². The number of hydrogen-bond acceptors (Lipinski definition) is 11. The molecule has 41 heavy (non-hydrogen) atoms. The Morgan fingerprint density at radius 3 is 1.56 bits per heavy atom. The third kappa shape index (κ3) is 23.7. The van der Waals surface area contributed by atoms with Gasteiger partial charge in [0.2, 0.25) is 0 Å². The lowest BCUT2D eigenvalue weighted by atomic mass is 9.89. The van der Waals surface area contributed by atoms with Gasteiger partial charge in [-0.1, -0.05) is 46.8 Å². The molecule has 1 heterocycles. The summed E-state index contributed by atoms with van der Waals surface area (Å²) in [6, 6.07) is 0. The summed E-state index contributed by atoms with van der Waals surface area (Å²) in [4.78, 5) is 11.8. The maximum absolute atomic E-state index is 11.8. The first-order chi connectivity index (χ1) is 19.6. The summed E-state index contributed by atoms with van der Waals surface area (Å²) in [5, 5.41) is 8.19. The smallest absolute Gasteiger partial charge is 0.140 e. The van der Waals surface area contributed by atoms with Crippen molar-refractivity contribution in [3.8, 4) is 0 Å². The zero-order valence-corrected chi connectivity index (χ0v) is 26.3. The summed E-state index contributed by atoms with van der Waals surface area (Å²) in [6.45, 7) is 20.9. The zero-order chi connectivity index (χ0) is 30.2. The van der Waals surface area contributed by atoms with Gasteiger partial charge in [0.05, 0.1) is 118 Å². The summed E-state index contributed by atoms with van der Waals surface area (Å²) in [7, 11) is 0. The lowest BCUT2D eigenvalue weighted by molar-refractivity contribution is -0.127. The Morgan fingerprint density at radius 1 is 0.634 bits per heavy atom. The fraction of sp³-hybridized carbons (Fsp3) is 0.897. The van der Waals surface area contributed by atoms with Crippen LogP contribution in [0.2, 0.25) is 0 Å². The Labute approximate surface area is 246 Å². The van der Waals surface area contributed by atoms with E-state index in [1.165, 1.54) is 0 Å². The molecule has 0 aromatic carbocycles. The predicted molar refractivity (Wildman–Crippen MR) is 154 cm³/mol. The van der Waals surface area contributed by atoms with Crippen molar-refractivity contribution < 1.29 is 42.7 Å². The molecule has 0 bridgehead atoms. The van der Waals surface area contributed by atoms with Crippen LogP contribution in [0.4, 0.5) is 0 Å². The Bertz CT molecular complexity index is 763. The summed E-state index contributed by atoms with van der Waals surface area (Å²) in [5.74, 6) is 0.202. The Kier molecular flexibility index (Phi) is 21.1. The average Bonchev–Trinajstić information content (AvgIpc) is 3.35. The number of aromatic nitrogens is 3. The minimum Gasteiger partial charge on any atom is -0.379 e. The molecule has 0 amide bonds. The topological polar surface area (TPSA) is 122 Å². The molecule has 12 nitrogen and oxygen atoms in total. The van der Waals surface area contributed by atoms with Crippen LogP contribution in [0, 0.1) is 10.8 Å². The molecule has 1 aromatic rings. The first-order valence-electron chi connectivity index (χ1n) is 14.6. The SMILES string of the molecule is CC(C)(C)COCCOCCOCCOCCn1cc(COCCOCCOCCOCCC(=O)C(C)(C)C)nn1. The van der Waals surface area contributed by atoms with Gasteiger partial charge in [0.15, 0.2) is 0 Å². The molecule has 0 saturated carbocycles. The molecule has 0 aliphatic carbocycles. The van der Waals surface area contributed by atoms with E-state index in [4.69, 9.17) is 37.9 Å². The van der Waals surface area contributed by atoms with Crippen LogP contribution in [0.5, 0.6) is 0 Å². The van der Waals surface area contributed by atoms with E-state index in [1.807, 2.05) is 27.0 Å². The number of ketones is 1. The number of nitrogens with zero attached hydrogens (tertiary/aromatic N) is 3. The van der Waals surface area contributed by atoms with Gasteiger partial charge in [-0.15, -0.1) is 5.10 Å². The number of ether oxygens (including phenoxy) is 8. The molecule has 0 unspecified atom stereocenters. The fourth-order valence-electron chi connectivity index (χ4n) is 3.09. The van der Waals surface area contributed by atoms with Crippen LogP contribution in [0.3, 0.4) is 0 Å². The van der Waals surface area contributed by atoms with Crippen molar-refractivity contribution in [2.45, 2.75) is 61.1 Å². The summed E-state index contributed by atoms with van der Waals surface area (Å²) in [6.07, 6.45) is 2.28. The highest BCUT2D eigenvalue weighted by Gasteiger charge is 2.20. The Hall–Kier alpha value is -1.51. The van der Waals surface area contributed by atoms with E-state index in [9.17, 15) is 4.79 Å². The van der Waals surface area contributed by atoms with Crippen molar-refractivity contribution in [2.75, 3.05) is 99.1 Å². The van der Waals surface area contributed by atoms with Crippen LogP contribution in [-0.4, -0.2) is 120 Å². The molecular formula is C29H55N3O9. The van der Waals surface area contributed by atoms with Gasteiger partial charge in [-0.05, 0) is 5.41 Å². The second-order valence-corrected chi connectivity index (χ2v) is 11.7. The highest BCUT2D eigenvalue weighted by molar-refractivity contribution is 5.83. The van der Waals surface area contributed by atoms with Gasteiger partial charge in [0, 0.05) is 11.8 Å². The third-order valence-electron chi connectivity index (χ3n) is 5.38. The second-order valence-electron chi connectivity index (χ2n) is 11.7. The van der Waals surface area contributed by atoms with Crippen molar-refractivity contribution in [2.24, 2.45) is 10.8 Å². The van der Waals surface area contributed by atoms with Crippen LogP contribution < -0.4 is 0 Å². The quantitative estimate of drug-likeness (QED) is 0.141. The zero-order valence-electron chi connectivity index (χ0n) is 26.3. The van der Waals surface area contributed by atoms with Crippen molar-refractivity contribution in [1.29, 1.82) is 0 Å². The molecule has 0 N–H and O–H groups in total. The van der Waals surface area contributed by atoms with Crippen LogP contribution in [0.15, 0.2) is 6.20 Å².